The summed E-state index contributed by atoms with van der Waals surface area (Å²) >= 11 is 0. The van der Waals surface area contributed by atoms with Gasteiger partial charge in [-0.25, -0.2) is 9.97 Å². The lowest BCUT2D eigenvalue weighted by atomic mass is 10.0. The average molecular weight is 456 g/mol. The summed E-state index contributed by atoms with van der Waals surface area (Å²) in [5.41, 5.74) is 4.08. The minimum atomic E-state index is 0.130. The van der Waals surface area contributed by atoms with Crippen LogP contribution < -0.4 is 4.90 Å². The molecule has 0 bridgehead atoms. The molecule has 0 unspecified atom stereocenters. The molecule has 1 aliphatic heterocycles. The topological polar surface area (TPSA) is 75.4 Å². The van der Waals surface area contributed by atoms with Crippen LogP contribution in [0.15, 0.2) is 65.3 Å². The molecule has 0 atom stereocenters. The molecule has 7 nitrogen and oxygen atoms in total. The first-order valence-electron chi connectivity index (χ1n) is 11.9. The molecule has 0 radical (unpaired) electrons. The van der Waals surface area contributed by atoms with Gasteiger partial charge < -0.3 is 14.2 Å². The van der Waals surface area contributed by atoms with Gasteiger partial charge in [-0.2, -0.15) is 0 Å². The van der Waals surface area contributed by atoms with Gasteiger partial charge in [0.2, 0.25) is 5.91 Å². The van der Waals surface area contributed by atoms with E-state index >= 15 is 0 Å². The second-order valence-corrected chi connectivity index (χ2v) is 8.98. The molecule has 34 heavy (non-hydrogen) atoms. The molecular formula is C27H29N5O2. The fourth-order valence-electron chi connectivity index (χ4n) is 4.25. The number of nitrogens with zero attached hydrogens (tertiary/aromatic N) is 5. The zero-order chi connectivity index (χ0) is 23.5. The van der Waals surface area contributed by atoms with Crippen LogP contribution in [0.25, 0.3) is 22.4 Å². The van der Waals surface area contributed by atoms with Crippen molar-refractivity contribution in [3.05, 3.63) is 72.4 Å². The van der Waals surface area contributed by atoms with E-state index in [2.05, 4.69) is 53.0 Å². The third-order valence-corrected chi connectivity index (χ3v) is 6.36. The molecule has 4 aromatic rings. The van der Waals surface area contributed by atoms with Gasteiger partial charge in [-0.3, -0.25) is 9.78 Å². The molecule has 1 aliphatic rings. The van der Waals surface area contributed by atoms with Crippen LogP contribution in [0.5, 0.6) is 0 Å². The highest BCUT2D eigenvalue weighted by molar-refractivity contribution is 5.77. The Morgan fingerprint density at radius 2 is 1.68 bits per heavy atom. The molecule has 5 rings (SSSR count). The monoisotopic (exact) mass is 455 g/mol. The van der Waals surface area contributed by atoms with Gasteiger partial charge in [0, 0.05) is 44.6 Å². The Morgan fingerprint density at radius 1 is 0.941 bits per heavy atom. The smallest absolute Gasteiger partial charge is 0.223 e. The Labute approximate surface area is 199 Å². The summed E-state index contributed by atoms with van der Waals surface area (Å²) in [5.74, 6) is 2.82. The number of oxazole rings is 1. The molecule has 1 saturated heterocycles. The number of amides is 1. The first-order valence-corrected chi connectivity index (χ1v) is 11.9. The Hall–Kier alpha value is -3.74. The van der Waals surface area contributed by atoms with Crippen molar-refractivity contribution in [2.24, 2.45) is 0 Å². The summed E-state index contributed by atoms with van der Waals surface area (Å²) in [6, 6.07) is 16.2. The second kappa shape index (κ2) is 9.63. The van der Waals surface area contributed by atoms with E-state index in [9.17, 15) is 4.79 Å². The summed E-state index contributed by atoms with van der Waals surface area (Å²) in [6.07, 6.45) is 4.45. The first-order chi connectivity index (χ1) is 16.6. The third-order valence-electron chi connectivity index (χ3n) is 6.36. The molecule has 0 aliphatic carbocycles. The molecule has 1 fully saturated rings. The number of rotatable bonds is 6. The van der Waals surface area contributed by atoms with Crippen molar-refractivity contribution in [3.63, 3.8) is 0 Å². The van der Waals surface area contributed by atoms with Crippen molar-refractivity contribution in [1.82, 2.24) is 19.9 Å². The second-order valence-electron chi connectivity index (χ2n) is 8.98. The lowest BCUT2D eigenvalue weighted by molar-refractivity contribution is -0.131. The maximum Gasteiger partial charge on any atom is 0.223 e. The largest absolute Gasteiger partial charge is 0.441 e. The van der Waals surface area contributed by atoms with E-state index < -0.39 is 0 Å². The fraction of sp³-hybridized carbons (Fsp3) is 0.333. The van der Waals surface area contributed by atoms with E-state index in [0.717, 1.165) is 41.3 Å². The van der Waals surface area contributed by atoms with Crippen molar-refractivity contribution in [3.8, 4) is 11.3 Å². The molecular weight excluding hydrogens is 426 g/mol. The molecule has 174 valence electrons. The van der Waals surface area contributed by atoms with Crippen LogP contribution in [0.3, 0.4) is 0 Å². The highest BCUT2D eigenvalue weighted by Gasteiger charge is 2.22. The summed E-state index contributed by atoms with van der Waals surface area (Å²) in [5, 5.41) is 0. The van der Waals surface area contributed by atoms with Crippen molar-refractivity contribution in [2.75, 3.05) is 31.1 Å². The summed E-state index contributed by atoms with van der Waals surface area (Å²) in [4.78, 5) is 30.5. The van der Waals surface area contributed by atoms with E-state index in [1.807, 2.05) is 35.4 Å². The molecule has 2 aromatic heterocycles. The van der Waals surface area contributed by atoms with E-state index in [0.29, 0.717) is 37.7 Å². The normalized spacial score (nSPS) is 14.2. The SMILES string of the molecule is CC(C)c1ccc(-c2cnc(CCC(=O)N3CCN(c4cnc5ccccc5n4)CC3)o2)cc1. The number of para-hydroxylation sites is 2. The van der Waals surface area contributed by atoms with Gasteiger partial charge in [-0.15, -0.1) is 0 Å². The van der Waals surface area contributed by atoms with Crippen LogP contribution in [-0.4, -0.2) is 51.9 Å². The Morgan fingerprint density at radius 3 is 2.41 bits per heavy atom. The lowest BCUT2D eigenvalue weighted by Gasteiger charge is -2.35. The van der Waals surface area contributed by atoms with Crippen molar-refractivity contribution in [2.45, 2.75) is 32.6 Å². The third kappa shape index (κ3) is 4.78. The average Bonchev–Trinajstić information content (AvgIpc) is 3.36. The lowest BCUT2D eigenvalue weighted by Crippen LogP contribution is -2.49. The van der Waals surface area contributed by atoms with Crippen LogP contribution in [0.4, 0.5) is 5.82 Å². The standard InChI is InChI=1S/C27H29N5O2/c1-19(2)20-7-9-21(10-8-20)24-17-29-26(34-24)11-12-27(33)32-15-13-31(14-16-32)25-18-28-22-5-3-4-6-23(22)30-25/h3-10,17-19H,11-16H2,1-2H3. The zero-order valence-electron chi connectivity index (χ0n) is 19.6. The van der Waals surface area contributed by atoms with Gasteiger partial charge in [0.15, 0.2) is 11.7 Å². The summed E-state index contributed by atoms with van der Waals surface area (Å²) in [6.45, 7) is 7.19. The van der Waals surface area contributed by atoms with Gasteiger partial charge in [0.05, 0.1) is 23.4 Å². The van der Waals surface area contributed by atoms with Crippen LogP contribution in [0, 0.1) is 0 Å². The highest BCUT2D eigenvalue weighted by atomic mass is 16.4. The minimum absolute atomic E-state index is 0.130. The molecule has 0 N–H and O–H groups in total. The van der Waals surface area contributed by atoms with E-state index in [4.69, 9.17) is 9.40 Å². The van der Waals surface area contributed by atoms with Gasteiger partial charge in [-0.1, -0.05) is 50.2 Å². The maximum absolute atomic E-state index is 12.8. The summed E-state index contributed by atoms with van der Waals surface area (Å²) < 4.78 is 5.91. The molecule has 3 heterocycles. The zero-order valence-corrected chi connectivity index (χ0v) is 19.6. The number of benzene rings is 2. The number of carbonyl (C=O) groups is 1. The van der Waals surface area contributed by atoms with Gasteiger partial charge >= 0.3 is 0 Å². The number of fused-ring (bicyclic) bond motifs is 1. The fourth-order valence-corrected chi connectivity index (χ4v) is 4.25. The number of hydrogen-bond donors (Lipinski definition) is 0. The number of piperazine rings is 1. The van der Waals surface area contributed by atoms with Crippen LogP contribution in [0.1, 0.15) is 37.6 Å². The van der Waals surface area contributed by atoms with Gasteiger partial charge in [-0.05, 0) is 23.6 Å². The Bertz CT molecular complexity index is 1270. The number of carbonyl (C=O) groups excluding carboxylic acids is 1. The van der Waals surface area contributed by atoms with E-state index in [-0.39, 0.29) is 5.91 Å². The van der Waals surface area contributed by atoms with Crippen molar-refractivity contribution >= 4 is 22.8 Å². The van der Waals surface area contributed by atoms with Crippen LogP contribution in [-0.2, 0) is 11.2 Å². The Kier molecular flexibility index (Phi) is 6.25. The van der Waals surface area contributed by atoms with E-state index in [1.54, 1.807) is 6.20 Å². The highest BCUT2D eigenvalue weighted by Crippen LogP contribution is 2.24. The molecule has 1 amide bonds. The minimum Gasteiger partial charge on any atom is -0.441 e. The van der Waals surface area contributed by atoms with Crippen LogP contribution >= 0.6 is 0 Å². The number of anilines is 1. The number of hydrogen-bond acceptors (Lipinski definition) is 6. The number of aryl methyl sites for hydroxylation is 1. The van der Waals surface area contributed by atoms with Crippen molar-refractivity contribution in [1.29, 1.82) is 0 Å². The molecule has 7 heteroatoms. The van der Waals surface area contributed by atoms with Crippen molar-refractivity contribution < 1.29 is 9.21 Å². The first kappa shape index (κ1) is 22.1. The molecule has 0 spiro atoms. The molecule has 0 saturated carbocycles. The molecule has 2 aromatic carbocycles. The summed E-state index contributed by atoms with van der Waals surface area (Å²) in [7, 11) is 0. The van der Waals surface area contributed by atoms with Crippen LogP contribution in [0.2, 0.25) is 0 Å². The predicted octanol–water partition coefficient (Wildman–Crippen LogP) is 4.69. The quantitative estimate of drug-likeness (QED) is 0.420. The predicted molar refractivity (Wildman–Crippen MR) is 133 cm³/mol. The van der Waals surface area contributed by atoms with E-state index in [1.165, 1.54) is 5.56 Å². The van der Waals surface area contributed by atoms with Gasteiger partial charge in [0.25, 0.3) is 0 Å². The Balaban J connectivity index is 1.13. The maximum atomic E-state index is 12.8. The van der Waals surface area contributed by atoms with Gasteiger partial charge in [0.1, 0.15) is 5.82 Å². The number of aromatic nitrogens is 3.